The molecule has 0 aliphatic carbocycles. The van der Waals surface area contributed by atoms with Crippen LogP contribution in [0, 0.1) is 0 Å². The molecule has 2 heterocycles. The summed E-state index contributed by atoms with van der Waals surface area (Å²) in [5, 5.41) is 3.12. The second-order valence-corrected chi connectivity index (χ2v) is 7.09. The van der Waals surface area contributed by atoms with E-state index in [4.69, 9.17) is 0 Å². The van der Waals surface area contributed by atoms with Crippen LogP contribution in [0.5, 0.6) is 0 Å². The van der Waals surface area contributed by atoms with Gasteiger partial charge < -0.3 is 14.6 Å². The van der Waals surface area contributed by atoms with Crippen LogP contribution in [0.4, 0.5) is 0 Å². The van der Waals surface area contributed by atoms with Gasteiger partial charge in [-0.25, -0.2) is 13.2 Å². The number of sulfonamides is 1. The summed E-state index contributed by atoms with van der Waals surface area (Å²) in [4.78, 5) is 11.7. The summed E-state index contributed by atoms with van der Waals surface area (Å²) in [6, 6.07) is 1.53. The van der Waals surface area contributed by atoms with Gasteiger partial charge >= 0.3 is 5.97 Å². The van der Waals surface area contributed by atoms with Gasteiger partial charge in [0.1, 0.15) is 10.6 Å². The van der Waals surface area contributed by atoms with E-state index in [2.05, 4.69) is 10.1 Å². The van der Waals surface area contributed by atoms with Crippen LogP contribution in [0.3, 0.4) is 0 Å². The van der Waals surface area contributed by atoms with E-state index < -0.39 is 16.0 Å². The summed E-state index contributed by atoms with van der Waals surface area (Å²) in [5.74, 6) is -0.550. The van der Waals surface area contributed by atoms with Crippen LogP contribution in [-0.2, 0) is 21.8 Å². The predicted octanol–water partition coefficient (Wildman–Crippen LogP) is 0.184. The number of nitrogens with one attached hydrogen (secondary N) is 1. The van der Waals surface area contributed by atoms with Gasteiger partial charge in [0.05, 0.1) is 7.11 Å². The summed E-state index contributed by atoms with van der Waals surface area (Å²) in [7, 11) is 1.14. The minimum absolute atomic E-state index is 0.127. The number of piperidine rings is 1. The predicted molar refractivity (Wildman–Crippen MR) is 77.6 cm³/mol. The number of ether oxygens (including phenoxy) is 1. The zero-order valence-electron chi connectivity index (χ0n) is 12.5. The number of hydrogen-bond acceptors (Lipinski definition) is 5. The highest BCUT2D eigenvalue weighted by molar-refractivity contribution is 7.89. The van der Waals surface area contributed by atoms with E-state index in [0.29, 0.717) is 13.1 Å². The largest absolute Gasteiger partial charge is 0.464 e. The molecule has 7 nitrogen and oxygen atoms in total. The number of hydrogen-bond donors (Lipinski definition) is 1. The van der Waals surface area contributed by atoms with Crippen LogP contribution >= 0.6 is 0 Å². The Morgan fingerprint density at radius 2 is 2.19 bits per heavy atom. The number of rotatable bonds is 4. The van der Waals surface area contributed by atoms with Gasteiger partial charge in [0.2, 0.25) is 10.0 Å². The normalized spacial score (nSPS) is 20.4. The molecule has 0 amide bonds. The van der Waals surface area contributed by atoms with Gasteiger partial charge in [-0.15, -0.1) is 0 Å². The lowest BCUT2D eigenvalue weighted by Crippen LogP contribution is -2.46. The SMILES string of the molecule is CNC1CCCN(S(=O)(=O)c2cc(C(=O)OC)n(C)c2)C1. The van der Waals surface area contributed by atoms with E-state index >= 15 is 0 Å². The van der Waals surface area contributed by atoms with E-state index in [1.807, 2.05) is 7.05 Å². The fourth-order valence-corrected chi connectivity index (χ4v) is 4.12. The molecule has 118 valence electrons. The Morgan fingerprint density at radius 3 is 2.81 bits per heavy atom. The third kappa shape index (κ3) is 3.12. The van der Waals surface area contributed by atoms with Crippen LogP contribution in [0.15, 0.2) is 17.2 Å². The van der Waals surface area contributed by atoms with Crippen molar-refractivity contribution in [1.82, 2.24) is 14.2 Å². The van der Waals surface area contributed by atoms with Crippen molar-refractivity contribution in [3.05, 3.63) is 18.0 Å². The van der Waals surface area contributed by atoms with Gasteiger partial charge in [-0.2, -0.15) is 4.31 Å². The Hall–Kier alpha value is -1.38. The second-order valence-electron chi connectivity index (χ2n) is 5.15. The first kappa shape index (κ1) is 16.0. The third-order valence-electron chi connectivity index (χ3n) is 3.80. The number of carbonyl (C=O) groups excluding carboxylic acids is 1. The number of likely N-dealkylation sites (N-methyl/N-ethyl adjacent to an activating group) is 1. The lowest BCUT2D eigenvalue weighted by molar-refractivity contribution is 0.0590. The molecule has 0 bridgehead atoms. The molecular weight excluding hydrogens is 294 g/mol. The van der Waals surface area contributed by atoms with E-state index in [1.54, 1.807) is 7.05 Å². The quantitative estimate of drug-likeness (QED) is 0.802. The van der Waals surface area contributed by atoms with Gasteiger partial charge in [-0.1, -0.05) is 0 Å². The van der Waals surface area contributed by atoms with Crippen molar-refractivity contribution in [1.29, 1.82) is 0 Å². The van der Waals surface area contributed by atoms with Gasteiger partial charge in [0, 0.05) is 32.4 Å². The van der Waals surface area contributed by atoms with Gasteiger partial charge in [0.25, 0.3) is 0 Å². The molecule has 0 spiro atoms. The molecule has 1 aromatic heterocycles. The van der Waals surface area contributed by atoms with Gasteiger partial charge in [0.15, 0.2) is 0 Å². The monoisotopic (exact) mass is 315 g/mol. The third-order valence-corrected chi connectivity index (χ3v) is 5.63. The number of carbonyl (C=O) groups is 1. The van der Waals surface area contributed by atoms with E-state index in [9.17, 15) is 13.2 Å². The summed E-state index contributed by atoms with van der Waals surface area (Å²) in [6.07, 6.45) is 3.23. The fraction of sp³-hybridized carbons (Fsp3) is 0.615. The first-order valence-electron chi connectivity index (χ1n) is 6.82. The van der Waals surface area contributed by atoms with Crippen LogP contribution in [-0.4, -0.2) is 56.5 Å². The van der Waals surface area contributed by atoms with Gasteiger partial charge in [-0.05, 0) is 26.0 Å². The molecule has 1 unspecified atom stereocenters. The smallest absolute Gasteiger partial charge is 0.354 e. The molecule has 1 fully saturated rings. The molecule has 0 aromatic carbocycles. The molecule has 1 aliphatic heterocycles. The van der Waals surface area contributed by atoms with Crippen molar-refractivity contribution in [2.75, 3.05) is 27.2 Å². The average molecular weight is 315 g/mol. The molecule has 1 atom stereocenters. The Labute approximate surface area is 124 Å². The van der Waals surface area contributed by atoms with Crippen molar-refractivity contribution >= 4 is 16.0 Å². The van der Waals surface area contributed by atoms with Crippen molar-refractivity contribution in [3.63, 3.8) is 0 Å². The standard InChI is InChI=1S/C13H21N3O4S/c1-14-10-5-4-6-16(8-10)21(18,19)11-7-12(13(17)20-3)15(2)9-11/h7,9-10,14H,4-6,8H2,1-3H3. The molecule has 2 rings (SSSR count). The molecule has 0 radical (unpaired) electrons. The molecule has 0 saturated carbocycles. The number of aryl methyl sites for hydroxylation is 1. The summed E-state index contributed by atoms with van der Waals surface area (Å²) in [6.45, 7) is 0.949. The van der Waals surface area contributed by atoms with Crippen molar-refractivity contribution in [3.8, 4) is 0 Å². The summed E-state index contributed by atoms with van der Waals surface area (Å²) < 4.78 is 32.9. The van der Waals surface area contributed by atoms with Crippen molar-refractivity contribution in [2.24, 2.45) is 7.05 Å². The fourth-order valence-electron chi connectivity index (χ4n) is 2.53. The maximum atomic E-state index is 12.7. The first-order chi connectivity index (χ1) is 9.90. The maximum absolute atomic E-state index is 12.7. The highest BCUT2D eigenvalue weighted by Gasteiger charge is 2.31. The van der Waals surface area contributed by atoms with Crippen LogP contribution in [0.25, 0.3) is 0 Å². The summed E-state index contributed by atoms with van der Waals surface area (Å²) >= 11 is 0. The molecular formula is C13H21N3O4S. The highest BCUT2D eigenvalue weighted by Crippen LogP contribution is 2.22. The molecule has 1 saturated heterocycles. The topological polar surface area (TPSA) is 80.6 Å². The minimum atomic E-state index is -3.58. The van der Waals surface area contributed by atoms with E-state index in [1.165, 1.54) is 28.2 Å². The minimum Gasteiger partial charge on any atom is -0.464 e. The van der Waals surface area contributed by atoms with Crippen LogP contribution in [0.1, 0.15) is 23.3 Å². The molecule has 8 heteroatoms. The highest BCUT2D eigenvalue weighted by atomic mass is 32.2. The van der Waals surface area contributed by atoms with E-state index in [0.717, 1.165) is 12.8 Å². The lowest BCUT2D eigenvalue weighted by atomic mass is 10.1. The maximum Gasteiger partial charge on any atom is 0.354 e. The summed E-state index contributed by atoms with van der Waals surface area (Å²) in [5.41, 5.74) is 0.221. The van der Waals surface area contributed by atoms with Crippen molar-refractivity contribution in [2.45, 2.75) is 23.8 Å². The zero-order chi connectivity index (χ0) is 15.6. The number of esters is 1. The zero-order valence-corrected chi connectivity index (χ0v) is 13.3. The van der Waals surface area contributed by atoms with Crippen molar-refractivity contribution < 1.29 is 17.9 Å². The number of nitrogens with zero attached hydrogens (tertiary/aromatic N) is 2. The molecule has 1 aromatic rings. The lowest BCUT2D eigenvalue weighted by Gasteiger charge is -2.31. The Morgan fingerprint density at radius 1 is 1.48 bits per heavy atom. The molecule has 1 aliphatic rings. The van der Waals surface area contributed by atoms with Gasteiger partial charge in [-0.3, -0.25) is 0 Å². The Bertz CT molecular complexity index is 623. The van der Waals surface area contributed by atoms with Crippen LogP contribution in [0.2, 0.25) is 0 Å². The second kappa shape index (κ2) is 6.17. The Kier molecular flexibility index (Phi) is 4.70. The average Bonchev–Trinajstić information content (AvgIpc) is 2.89. The first-order valence-corrected chi connectivity index (χ1v) is 8.26. The molecule has 1 N–H and O–H groups in total. The number of methoxy groups -OCH3 is 1. The Balaban J connectivity index is 2.29. The van der Waals surface area contributed by atoms with E-state index in [-0.39, 0.29) is 16.6 Å². The molecule has 21 heavy (non-hydrogen) atoms. The van der Waals surface area contributed by atoms with Crippen LogP contribution < -0.4 is 5.32 Å². The number of aromatic nitrogens is 1.